The summed E-state index contributed by atoms with van der Waals surface area (Å²) >= 11 is 6.35. The predicted molar refractivity (Wildman–Crippen MR) is 79.7 cm³/mol. The van der Waals surface area contributed by atoms with Crippen molar-refractivity contribution in [2.45, 2.75) is 25.5 Å². The molecule has 0 aliphatic carbocycles. The Morgan fingerprint density at radius 1 is 1.42 bits per heavy atom. The molecule has 2 unspecified atom stereocenters. The van der Waals surface area contributed by atoms with E-state index in [9.17, 15) is 0 Å². The highest BCUT2D eigenvalue weighted by atomic mass is 35.5. The lowest BCUT2D eigenvalue weighted by molar-refractivity contribution is -0.0612. The number of rotatable bonds is 5. The molecule has 3 nitrogen and oxygen atoms in total. The minimum atomic E-state index is 0.158. The third kappa shape index (κ3) is 3.69. The summed E-state index contributed by atoms with van der Waals surface area (Å²) in [5.74, 6) is 0. The minimum absolute atomic E-state index is 0.158. The summed E-state index contributed by atoms with van der Waals surface area (Å²) in [4.78, 5) is 2.34. The van der Waals surface area contributed by atoms with Crippen LogP contribution < -0.4 is 5.32 Å². The monoisotopic (exact) mass is 282 g/mol. The molecule has 1 N–H and O–H groups in total. The van der Waals surface area contributed by atoms with Crippen LogP contribution >= 0.6 is 11.6 Å². The molecule has 1 aromatic carbocycles. The van der Waals surface area contributed by atoms with Gasteiger partial charge in [-0.2, -0.15) is 0 Å². The van der Waals surface area contributed by atoms with E-state index in [4.69, 9.17) is 16.3 Å². The summed E-state index contributed by atoms with van der Waals surface area (Å²) in [5, 5.41) is 4.27. The van der Waals surface area contributed by atoms with Gasteiger partial charge in [0.15, 0.2) is 0 Å². The van der Waals surface area contributed by atoms with Crippen LogP contribution in [0, 0.1) is 0 Å². The average Bonchev–Trinajstić information content (AvgIpc) is 2.41. The van der Waals surface area contributed by atoms with Crippen molar-refractivity contribution in [2.75, 3.05) is 33.3 Å². The van der Waals surface area contributed by atoms with E-state index in [0.717, 1.165) is 43.2 Å². The molecule has 106 valence electrons. The van der Waals surface area contributed by atoms with Crippen LogP contribution in [0.1, 0.15) is 24.9 Å². The standard InChI is InChI=1S/C15H23ClN2O/c1-3-8-17-11-14-15(18(2)9-10-19-14)12-6-4-5-7-13(12)16/h4-7,14-15,17H,3,8-11H2,1-2H3. The van der Waals surface area contributed by atoms with Crippen molar-refractivity contribution in [3.05, 3.63) is 34.9 Å². The number of hydrogen-bond donors (Lipinski definition) is 1. The summed E-state index contributed by atoms with van der Waals surface area (Å²) in [5.41, 5.74) is 1.16. The maximum absolute atomic E-state index is 6.35. The first kappa shape index (κ1) is 14.8. The number of nitrogens with zero attached hydrogens (tertiary/aromatic N) is 1. The molecule has 1 aromatic rings. The van der Waals surface area contributed by atoms with Gasteiger partial charge in [0, 0.05) is 18.1 Å². The lowest BCUT2D eigenvalue weighted by Gasteiger charge is -2.40. The van der Waals surface area contributed by atoms with E-state index in [1.807, 2.05) is 18.2 Å². The Balaban J connectivity index is 2.14. The fourth-order valence-corrected chi connectivity index (χ4v) is 2.85. The number of halogens is 1. The van der Waals surface area contributed by atoms with Crippen LogP contribution in [0.5, 0.6) is 0 Å². The topological polar surface area (TPSA) is 24.5 Å². The first-order chi connectivity index (χ1) is 9.24. The lowest BCUT2D eigenvalue weighted by Crippen LogP contribution is -2.47. The average molecular weight is 283 g/mol. The van der Waals surface area contributed by atoms with Crippen LogP contribution in [-0.2, 0) is 4.74 Å². The molecule has 0 bridgehead atoms. The summed E-state index contributed by atoms with van der Waals surface area (Å²) in [6.45, 7) is 5.80. The molecule has 4 heteroatoms. The third-order valence-electron chi connectivity index (χ3n) is 3.60. The Bertz CT molecular complexity index is 399. The van der Waals surface area contributed by atoms with Gasteiger partial charge < -0.3 is 10.1 Å². The van der Waals surface area contributed by atoms with Crippen molar-refractivity contribution in [3.63, 3.8) is 0 Å². The quantitative estimate of drug-likeness (QED) is 0.841. The molecule has 1 heterocycles. The first-order valence-corrected chi connectivity index (χ1v) is 7.38. The van der Waals surface area contributed by atoms with E-state index in [1.54, 1.807) is 0 Å². The van der Waals surface area contributed by atoms with Gasteiger partial charge in [-0.25, -0.2) is 0 Å². The summed E-state index contributed by atoms with van der Waals surface area (Å²) in [7, 11) is 2.14. The van der Waals surface area contributed by atoms with E-state index in [2.05, 4.69) is 30.3 Å². The fourth-order valence-electron chi connectivity index (χ4n) is 2.61. The van der Waals surface area contributed by atoms with Gasteiger partial charge in [-0.1, -0.05) is 36.7 Å². The molecule has 19 heavy (non-hydrogen) atoms. The molecule has 0 aromatic heterocycles. The van der Waals surface area contributed by atoms with E-state index < -0.39 is 0 Å². The van der Waals surface area contributed by atoms with E-state index in [1.165, 1.54) is 0 Å². The third-order valence-corrected chi connectivity index (χ3v) is 3.94. The van der Waals surface area contributed by atoms with Gasteiger partial charge in [0.1, 0.15) is 0 Å². The van der Waals surface area contributed by atoms with E-state index in [-0.39, 0.29) is 12.1 Å². The van der Waals surface area contributed by atoms with Crippen LogP contribution in [0.25, 0.3) is 0 Å². The number of ether oxygens (including phenoxy) is 1. The highest BCUT2D eigenvalue weighted by Crippen LogP contribution is 2.32. The zero-order valence-corrected chi connectivity index (χ0v) is 12.5. The largest absolute Gasteiger partial charge is 0.374 e. The van der Waals surface area contributed by atoms with Gasteiger partial charge in [0.2, 0.25) is 0 Å². The van der Waals surface area contributed by atoms with Gasteiger partial charge >= 0.3 is 0 Å². The molecule has 2 rings (SSSR count). The molecule has 0 radical (unpaired) electrons. The summed E-state index contributed by atoms with van der Waals surface area (Å²) in [6, 6.07) is 8.30. The molecule has 0 spiro atoms. The number of morpholine rings is 1. The molecular weight excluding hydrogens is 260 g/mol. The number of nitrogens with one attached hydrogen (secondary N) is 1. The molecular formula is C15H23ClN2O. The van der Waals surface area contributed by atoms with Gasteiger partial charge in [-0.15, -0.1) is 0 Å². The Kier molecular flexibility index (Phi) is 5.64. The Morgan fingerprint density at radius 2 is 2.21 bits per heavy atom. The Labute approximate surface area is 120 Å². The van der Waals surface area contributed by atoms with Crippen LogP contribution in [0.15, 0.2) is 24.3 Å². The van der Waals surface area contributed by atoms with Gasteiger partial charge in [-0.3, -0.25) is 4.90 Å². The Morgan fingerprint density at radius 3 is 2.95 bits per heavy atom. The van der Waals surface area contributed by atoms with Gasteiger partial charge in [0.25, 0.3) is 0 Å². The van der Waals surface area contributed by atoms with Crippen molar-refractivity contribution in [1.82, 2.24) is 10.2 Å². The lowest BCUT2D eigenvalue weighted by atomic mass is 9.98. The maximum Gasteiger partial charge on any atom is 0.0896 e. The van der Waals surface area contributed by atoms with Crippen LogP contribution in [0.3, 0.4) is 0 Å². The minimum Gasteiger partial charge on any atom is -0.374 e. The van der Waals surface area contributed by atoms with Crippen LogP contribution in [-0.4, -0.2) is 44.3 Å². The zero-order chi connectivity index (χ0) is 13.7. The fraction of sp³-hybridized carbons (Fsp3) is 0.600. The van der Waals surface area contributed by atoms with Gasteiger partial charge in [-0.05, 0) is 31.6 Å². The van der Waals surface area contributed by atoms with Crippen molar-refractivity contribution in [1.29, 1.82) is 0 Å². The van der Waals surface area contributed by atoms with E-state index >= 15 is 0 Å². The number of likely N-dealkylation sites (N-methyl/N-ethyl adjacent to an activating group) is 1. The first-order valence-electron chi connectivity index (χ1n) is 7.01. The molecule has 1 aliphatic heterocycles. The number of hydrogen-bond acceptors (Lipinski definition) is 3. The second-order valence-corrected chi connectivity index (χ2v) is 5.47. The SMILES string of the molecule is CCCNCC1OCCN(C)C1c1ccccc1Cl. The van der Waals surface area contributed by atoms with Crippen molar-refractivity contribution in [3.8, 4) is 0 Å². The second-order valence-electron chi connectivity index (χ2n) is 5.06. The van der Waals surface area contributed by atoms with E-state index in [0.29, 0.717) is 0 Å². The molecule has 1 aliphatic rings. The second kappa shape index (κ2) is 7.25. The van der Waals surface area contributed by atoms with Crippen molar-refractivity contribution >= 4 is 11.6 Å². The van der Waals surface area contributed by atoms with Crippen LogP contribution in [0.4, 0.5) is 0 Å². The maximum atomic E-state index is 6.35. The molecule has 0 amide bonds. The highest BCUT2D eigenvalue weighted by Gasteiger charge is 2.32. The summed E-state index contributed by atoms with van der Waals surface area (Å²) < 4.78 is 5.95. The molecule has 1 saturated heterocycles. The predicted octanol–water partition coefficient (Wildman–Crippen LogP) is 2.71. The van der Waals surface area contributed by atoms with Crippen molar-refractivity contribution < 1.29 is 4.74 Å². The smallest absolute Gasteiger partial charge is 0.0896 e. The zero-order valence-electron chi connectivity index (χ0n) is 11.7. The summed E-state index contributed by atoms with van der Waals surface area (Å²) in [6.07, 6.45) is 1.30. The molecule has 0 saturated carbocycles. The molecule has 2 atom stereocenters. The Hall–Kier alpha value is -0.610. The normalized spacial score (nSPS) is 24.6. The highest BCUT2D eigenvalue weighted by molar-refractivity contribution is 6.31. The van der Waals surface area contributed by atoms with Gasteiger partial charge in [0.05, 0.1) is 18.8 Å². The van der Waals surface area contributed by atoms with Crippen molar-refractivity contribution in [2.24, 2.45) is 0 Å². The molecule has 1 fully saturated rings. The van der Waals surface area contributed by atoms with Crippen LogP contribution in [0.2, 0.25) is 5.02 Å². The number of benzene rings is 1.